The molecular weight excluding hydrogens is 496 g/mol. The second kappa shape index (κ2) is 11.2. The summed E-state index contributed by atoms with van der Waals surface area (Å²) in [6, 6.07) is 5.98. The molecule has 0 spiro atoms. The number of unbranched alkanes of at least 4 members (excludes halogenated alkanes) is 1. The van der Waals surface area contributed by atoms with Crippen molar-refractivity contribution in [2.75, 3.05) is 38.5 Å². The molecule has 9 heteroatoms. The Morgan fingerprint density at radius 1 is 1.29 bits per heavy atom. The van der Waals surface area contributed by atoms with Crippen LogP contribution in [0.15, 0.2) is 29.3 Å². The van der Waals surface area contributed by atoms with Gasteiger partial charge in [-0.1, -0.05) is 0 Å². The van der Waals surface area contributed by atoms with E-state index in [9.17, 15) is 12.8 Å². The topological polar surface area (TPSA) is 71.0 Å². The standard InChI is InChI=1S/C19H30FN3O3S.HI/c1-4-21-18(23-12-14-27(24,25)19(2,3)15-23)22-11-5-6-13-26-17-9-7-16(20)8-10-17;/h7-10H,4-6,11-15H2,1-3H3,(H,21,22);1H. The van der Waals surface area contributed by atoms with Gasteiger partial charge in [-0.25, -0.2) is 12.8 Å². The minimum Gasteiger partial charge on any atom is -0.494 e. The Morgan fingerprint density at radius 2 is 1.96 bits per heavy atom. The minimum absolute atomic E-state index is 0. The van der Waals surface area contributed by atoms with Crippen LogP contribution >= 0.6 is 24.0 Å². The average molecular weight is 527 g/mol. The summed E-state index contributed by atoms with van der Waals surface area (Å²) in [4.78, 5) is 6.67. The van der Waals surface area contributed by atoms with E-state index in [0.717, 1.165) is 25.3 Å². The summed E-state index contributed by atoms with van der Waals surface area (Å²) in [6.45, 7) is 8.36. The van der Waals surface area contributed by atoms with Crippen LogP contribution in [0.4, 0.5) is 4.39 Å². The number of hydrogen-bond acceptors (Lipinski definition) is 4. The Labute approximate surface area is 184 Å². The van der Waals surface area contributed by atoms with Crippen molar-refractivity contribution in [2.24, 2.45) is 4.99 Å². The predicted octanol–water partition coefficient (Wildman–Crippen LogP) is 3.08. The maximum absolute atomic E-state index is 12.8. The Bertz CT molecular complexity index is 739. The van der Waals surface area contributed by atoms with Gasteiger partial charge in [-0.05, 0) is 57.9 Å². The summed E-state index contributed by atoms with van der Waals surface area (Å²) in [7, 11) is -3.07. The van der Waals surface area contributed by atoms with Gasteiger partial charge in [-0.15, -0.1) is 24.0 Å². The lowest BCUT2D eigenvalue weighted by Crippen LogP contribution is -2.57. The average Bonchev–Trinajstić information content (AvgIpc) is 2.61. The number of rotatable bonds is 7. The summed E-state index contributed by atoms with van der Waals surface area (Å²) in [5.74, 6) is 1.29. The molecule has 0 aromatic heterocycles. The number of benzene rings is 1. The highest BCUT2D eigenvalue weighted by atomic mass is 127. The lowest BCUT2D eigenvalue weighted by Gasteiger charge is -2.39. The van der Waals surface area contributed by atoms with E-state index in [1.807, 2.05) is 11.8 Å². The van der Waals surface area contributed by atoms with Gasteiger partial charge in [0.05, 0.1) is 17.1 Å². The molecule has 1 aromatic carbocycles. The number of hydrogen-bond donors (Lipinski definition) is 1. The van der Waals surface area contributed by atoms with E-state index in [4.69, 9.17) is 4.74 Å². The molecule has 0 amide bonds. The van der Waals surface area contributed by atoms with E-state index >= 15 is 0 Å². The van der Waals surface area contributed by atoms with Gasteiger partial charge in [0.15, 0.2) is 15.8 Å². The molecule has 1 heterocycles. The molecule has 1 aliphatic rings. The normalized spacial score (nSPS) is 18.3. The largest absolute Gasteiger partial charge is 0.494 e. The molecule has 6 nitrogen and oxygen atoms in total. The summed E-state index contributed by atoms with van der Waals surface area (Å²) >= 11 is 0. The quantitative estimate of drug-likeness (QED) is 0.256. The van der Waals surface area contributed by atoms with Crippen molar-refractivity contribution in [3.05, 3.63) is 30.1 Å². The van der Waals surface area contributed by atoms with E-state index in [-0.39, 0.29) is 35.5 Å². The molecule has 1 aromatic rings. The number of sulfone groups is 1. The second-order valence-corrected chi connectivity index (χ2v) is 9.99. The maximum Gasteiger partial charge on any atom is 0.193 e. The van der Waals surface area contributed by atoms with E-state index in [0.29, 0.717) is 32.0 Å². The van der Waals surface area contributed by atoms with E-state index in [1.54, 1.807) is 26.0 Å². The molecule has 28 heavy (non-hydrogen) atoms. The molecule has 0 saturated carbocycles. The highest BCUT2D eigenvalue weighted by Crippen LogP contribution is 2.23. The Kier molecular flexibility index (Phi) is 9.96. The van der Waals surface area contributed by atoms with E-state index in [2.05, 4.69) is 10.3 Å². The number of guanidine groups is 1. The van der Waals surface area contributed by atoms with Gasteiger partial charge in [0.25, 0.3) is 0 Å². The molecule has 0 radical (unpaired) electrons. The smallest absolute Gasteiger partial charge is 0.193 e. The van der Waals surface area contributed by atoms with Gasteiger partial charge < -0.3 is 15.0 Å². The molecule has 0 unspecified atom stereocenters. The SMILES string of the molecule is CCNC(=NCCCCOc1ccc(F)cc1)N1CCS(=O)(=O)C(C)(C)C1.I. The third-order valence-electron chi connectivity index (χ3n) is 4.57. The first kappa shape index (κ1) is 24.9. The Morgan fingerprint density at radius 3 is 2.57 bits per heavy atom. The van der Waals surface area contributed by atoms with Gasteiger partial charge >= 0.3 is 0 Å². The molecule has 0 aliphatic carbocycles. The fourth-order valence-electron chi connectivity index (χ4n) is 2.87. The lowest BCUT2D eigenvalue weighted by atomic mass is 10.2. The molecule has 1 aliphatic heterocycles. The van der Waals surface area contributed by atoms with Crippen molar-refractivity contribution in [3.8, 4) is 5.75 Å². The fraction of sp³-hybridized carbons (Fsp3) is 0.632. The van der Waals surface area contributed by atoms with Crippen molar-refractivity contribution in [2.45, 2.75) is 38.4 Å². The van der Waals surface area contributed by atoms with Crippen LogP contribution in [0.1, 0.15) is 33.6 Å². The van der Waals surface area contributed by atoms with E-state index in [1.165, 1.54) is 12.1 Å². The van der Waals surface area contributed by atoms with Crippen LogP contribution in [0.3, 0.4) is 0 Å². The number of nitrogens with one attached hydrogen (secondary N) is 1. The molecule has 2 rings (SSSR count). The third-order valence-corrected chi connectivity index (χ3v) is 7.11. The van der Waals surface area contributed by atoms with Crippen LogP contribution in [0.25, 0.3) is 0 Å². The number of nitrogens with zero attached hydrogens (tertiary/aromatic N) is 2. The monoisotopic (exact) mass is 527 g/mol. The summed E-state index contributed by atoms with van der Waals surface area (Å²) in [6.07, 6.45) is 1.69. The third kappa shape index (κ3) is 7.06. The summed E-state index contributed by atoms with van der Waals surface area (Å²) in [5, 5.41) is 3.25. The first-order valence-electron chi connectivity index (χ1n) is 9.39. The number of ether oxygens (including phenoxy) is 1. The molecule has 160 valence electrons. The van der Waals surface area contributed by atoms with Crippen molar-refractivity contribution in [1.82, 2.24) is 10.2 Å². The van der Waals surface area contributed by atoms with Crippen molar-refractivity contribution in [1.29, 1.82) is 0 Å². The van der Waals surface area contributed by atoms with E-state index < -0.39 is 14.6 Å². The first-order chi connectivity index (χ1) is 12.7. The van der Waals surface area contributed by atoms with Crippen molar-refractivity contribution >= 4 is 39.8 Å². The first-order valence-corrected chi connectivity index (χ1v) is 11.0. The Balaban J connectivity index is 0.00000392. The lowest BCUT2D eigenvalue weighted by molar-refractivity contribution is 0.307. The van der Waals surface area contributed by atoms with Crippen LogP contribution in [0.2, 0.25) is 0 Å². The van der Waals surface area contributed by atoms with Crippen LogP contribution in [-0.2, 0) is 9.84 Å². The highest BCUT2D eigenvalue weighted by molar-refractivity contribution is 14.0. The van der Waals surface area contributed by atoms with Crippen LogP contribution in [0.5, 0.6) is 5.75 Å². The van der Waals surface area contributed by atoms with Gasteiger partial charge in [0.2, 0.25) is 0 Å². The molecule has 0 atom stereocenters. The maximum atomic E-state index is 12.8. The zero-order chi connectivity index (χ0) is 19.9. The molecular formula is C19H31FIN3O3S. The van der Waals surface area contributed by atoms with Crippen LogP contribution in [0, 0.1) is 5.82 Å². The fourth-order valence-corrected chi connectivity index (χ4v) is 4.24. The Hall–Kier alpha value is -1.10. The van der Waals surface area contributed by atoms with Crippen LogP contribution in [-0.4, -0.2) is 62.6 Å². The molecule has 1 fully saturated rings. The minimum atomic E-state index is -3.07. The number of aliphatic imine (C=N–C) groups is 1. The van der Waals surface area contributed by atoms with Crippen molar-refractivity contribution in [3.63, 3.8) is 0 Å². The van der Waals surface area contributed by atoms with Crippen molar-refractivity contribution < 1.29 is 17.5 Å². The van der Waals surface area contributed by atoms with Gasteiger partial charge in [0.1, 0.15) is 11.6 Å². The highest BCUT2D eigenvalue weighted by Gasteiger charge is 2.40. The van der Waals surface area contributed by atoms with Crippen LogP contribution < -0.4 is 10.1 Å². The molecule has 1 N–H and O–H groups in total. The zero-order valence-electron chi connectivity index (χ0n) is 16.8. The molecule has 1 saturated heterocycles. The van der Waals surface area contributed by atoms with Gasteiger partial charge in [-0.3, -0.25) is 4.99 Å². The summed E-state index contributed by atoms with van der Waals surface area (Å²) < 4.78 is 42.0. The van der Waals surface area contributed by atoms with Gasteiger partial charge in [-0.2, -0.15) is 0 Å². The second-order valence-electron chi connectivity index (χ2n) is 7.25. The zero-order valence-corrected chi connectivity index (χ0v) is 19.9. The molecule has 0 bridgehead atoms. The number of halogens is 2. The van der Waals surface area contributed by atoms with Gasteiger partial charge in [0, 0.05) is 26.2 Å². The summed E-state index contributed by atoms with van der Waals surface area (Å²) in [5.41, 5.74) is 0. The predicted molar refractivity (Wildman–Crippen MR) is 122 cm³/mol.